The van der Waals surface area contributed by atoms with Gasteiger partial charge in [0.25, 0.3) is 5.91 Å². The monoisotopic (exact) mass is 293 g/mol. The summed E-state index contributed by atoms with van der Waals surface area (Å²) in [5.74, 6) is 0.776. The molecule has 3 heterocycles. The lowest BCUT2D eigenvalue weighted by atomic mass is 10.1. The number of nitrogens with one attached hydrogen (secondary N) is 2. The number of rotatable bonds is 3. The molecular formula is C16H15N5O. The van der Waals surface area contributed by atoms with E-state index in [-0.39, 0.29) is 11.9 Å². The van der Waals surface area contributed by atoms with E-state index in [1.165, 1.54) is 0 Å². The standard InChI is InChI=1S/C16H15N5O/c22-16(14-8-11-4-1-2-5-13(11)19-14)21-9-12(10-21)18-15-6-3-7-17-20-15/h1-8,12,19H,9-10H2,(H,18,20). The van der Waals surface area contributed by atoms with Crippen LogP contribution < -0.4 is 5.32 Å². The topological polar surface area (TPSA) is 73.9 Å². The first-order valence-electron chi connectivity index (χ1n) is 7.21. The van der Waals surface area contributed by atoms with Gasteiger partial charge in [0.05, 0.1) is 6.04 Å². The van der Waals surface area contributed by atoms with E-state index in [9.17, 15) is 4.79 Å². The van der Waals surface area contributed by atoms with Gasteiger partial charge in [0.2, 0.25) is 0 Å². The molecule has 0 bridgehead atoms. The van der Waals surface area contributed by atoms with Crippen molar-refractivity contribution in [2.45, 2.75) is 6.04 Å². The van der Waals surface area contributed by atoms with Crippen LogP contribution in [0.5, 0.6) is 0 Å². The number of likely N-dealkylation sites (tertiary alicyclic amines) is 1. The van der Waals surface area contributed by atoms with E-state index in [0.29, 0.717) is 18.8 Å². The zero-order chi connectivity index (χ0) is 14.9. The number of fused-ring (bicyclic) bond motifs is 1. The Balaban J connectivity index is 1.41. The Morgan fingerprint density at radius 1 is 1.23 bits per heavy atom. The van der Waals surface area contributed by atoms with Crippen LogP contribution in [0.3, 0.4) is 0 Å². The van der Waals surface area contributed by atoms with E-state index < -0.39 is 0 Å². The van der Waals surface area contributed by atoms with Crippen LogP contribution in [-0.4, -0.2) is 45.1 Å². The Kier molecular flexibility index (Phi) is 3.00. The number of H-pyrrole nitrogens is 1. The van der Waals surface area contributed by atoms with Crippen molar-refractivity contribution in [2.75, 3.05) is 18.4 Å². The second-order valence-electron chi connectivity index (χ2n) is 5.43. The average Bonchev–Trinajstić information content (AvgIpc) is 2.95. The maximum absolute atomic E-state index is 12.4. The Bertz CT molecular complexity index is 775. The van der Waals surface area contributed by atoms with Crippen LogP contribution in [0.15, 0.2) is 48.7 Å². The van der Waals surface area contributed by atoms with Gasteiger partial charge in [-0.3, -0.25) is 4.79 Å². The van der Waals surface area contributed by atoms with Crippen molar-refractivity contribution in [3.63, 3.8) is 0 Å². The minimum atomic E-state index is 0.0356. The van der Waals surface area contributed by atoms with Gasteiger partial charge in [-0.1, -0.05) is 18.2 Å². The Labute approximate surface area is 127 Å². The fourth-order valence-electron chi connectivity index (χ4n) is 2.68. The van der Waals surface area contributed by atoms with Crippen molar-refractivity contribution in [1.82, 2.24) is 20.1 Å². The molecule has 2 N–H and O–H groups in total. The molecule has 0 spiro atoms. The Morgan fingerprint density at radius 2 is 2.09 bits per heavy atom. The summed E-state index contributed by atoms with van der Waals surface area (Å²) in [5, 5.41) is 12.1. The molecule has 0 atom stereocenters. The predicted molar refractivity (Wildman–Crippen MR) is 83.6 cm³/mol. The predicted octanol–water partition coefficient (Wildman–Crippen LogP) is 1.89. The van der Waals surface area contributed by atoms with Gasteiger partial charge in [0.15, 0.2) is 0 Å². The second kappa shape index (κ2) is 5.14. The number of hydrogen-bond donors (Lipinski definition) is 2. The number of carbonyl (C=O) groups is 1. The van der Waals surface area contributed by atoms with E-state index in [1.807, 2.05) is 47.4 Å². The lowest BCUT2D eigenvalue weighted by molar-refractivity contribution is 0.0620. The molecule has 6 nitrogen and oxygen atoms in total. The molecule has 0 radical (unpaired) electrons. The lowest BCUT2D eigenvalue weighted by Crippen LogP contribution is -2.57. The van der Waals surface area contributed by atoms with Gasteiger partial charge < -0.3 is 15.2 Å². The summed E-state index contributed by atoms with van der Waals surface area (Å²) in [6.07, 6.45) is 1.64. The van der Waals surface area contributed by atoms with Gasteiger partial charge in [-0.05, 0) is 24.3 Å². The third-order valence-electron chi connectivity index (χ3n) is 3.85. The summed E-state index contributed by atoms with van der Waals surface area (Å²) in [7, 11) is 0. The summed E-state index contributed by atoms with van der Waals surface area (Å²) in [4.78, 5) is 17.4. The summed E-state index contributed by atoms with van der Waals surface area (Å²) >= 11 is 0. The van der Waals surface area contributed by atoms with Crippen LogP contribution in [0.1, 0.15) is 10.5 Å². The van der Waals surface area contributed by atoms with Crippen molar-refractivity contribution < 1.29 is 4.79 Å². The van der Waals surface area contributed by atoms with Crippen LogP contribution in [-0.2, 0) is 0 Å². The van der Waals surface area contributed by atoms with Gasteiger partial charge in [0.1, 0.15) is 11.5 Å². The minimum absolute atomic E-state index is 0.0356. The number of carbonyl (C=O) groups excluding carboxylic acids is 1. The van der Waals surface area contributed by atoms with E-state index in [0.717, 1.165) is 16.7 Å². The summed E-state index contributed by atoms with van der Waals surface area (Å²) in [5.41, 5.74) is 1.62. The highest BCUT2D eigenvalue weighted by atomic mass is 16.2. The molecule has 1 fully saturated rings. The molecule has 1 amide bonds. The Hall–Kier alpha value is -2.89. The maximum atomic E-state index is 12.4. The number of anilines is 1. The molecule has 0 saturated carbocycles. The van der Waals surface area contributed by atoms with Crippen LogP contribution in [0.2, 0.25) is 0 Å². The molecule has 22 heavy (non-hydrogen) atoms. The molecule has 1 aliphatic heterocycles. The largest absolute Gasteiger partial charge is 0.362 e. The molecule has 6 heteroatoms. The van der Waals surface area contributed by atoms with Crippen molar-refractivity contribution >= 4 is 22.6 Å². The zero-order valence-corrected chi connectivity index (χ0v) is 11.9. The molecule has 2 aromatic heterocycles. The molecule has 110 valence electrons. The molecule has 3 aromatic rings. The molecule has 4 rings (SSSR count). The molecule has 0 aliphatic carbocycles. The first-order chi connectivity index (χ1) is 10.8. The quantitative estimate of drug-likeness (QED) is 0.773. The van der Waals surface area contributed by atoms with Crippen molar-refractivity contribution in [2.24, 2.45) is 0 Å². The van der Waals surface area contributed by atoms with Crippen molar-refractivity contribution in [3.8, 4) is 0 Å². The second-order valence-corrected chi connectivity index (χ2v) is 5.43. The first kappa shape index (κ1) is 12.8. The smallest absolute Gasteiger partial charge is 0.270 e. The van der Waals surface area contributed by atoms with E-state index in [2.05, 4.69) is 20.5 Å². The first-order valence-corrected chi connectivity index (χ1v) is 7.21. The van der Waals surface area contributed by atoms with Gasteiger partial charge in [-0.15, -0.1) is 5.10 Å². The summed E-state index contributed by atoms with van der Waals surface area (Å²) < 4.78 is 0. The Morgan fingerprint density at radius 3 is 2.86 bits per heavy atom. The summed E-state index contributed by atoms with van der Waals surface area (Å²) in [6, 6.07) is 13.7. The van der Waals surface area contributed by atoms with E-state index in [4.69, 9.17) is 0 Å². The van der Waals surface area contributed by atoms with Gasteiger partial charge in [-0.2, -0.15) is 5.10 Å². The van der Waals surface area contributed by atoms with Crippen LogP contribution in [0.25, 0.3) is 10.9 Å². The normalized spacial score (nSPS) is 14.8. The maximum Gasteiger partial charge on any atom is 0.270 e. The highest BCUT2D eigenvalue weighted by Crippen LogP contribution is 2.19. The van der Waals surface area contributed by atoms with Gasteiger partial charge in [0, 0.05) is 30.2 Å². The van der Waals surface area contributed by atoms with Crippen LogP contribution >= 0.6 is 0 Å². The number of para-hydroxylation sites is 1. The average molecular weight is 293 g/mol. The third kappa shape index (κ3) is 2.28. The van der Waals surface area contributed by atoms with Crippen molar-refractivity contribution in [1.29, 1.82) is 0 Å². The van der Waals surface area contributed by atoms with Crippen LogP contribution in [0, 0.1) is 0 Å². The minimum Gasteiger partial charge on any atom is -0.362 e. The number of amides is 1. The van der Waals surface area contributed by atoms with Gasteiger partial charge >= 0.3 is 0 Å². The fraction of sp³-hybridized carbons (Fsp3) is 0.188. The molecule has 1 saturated heterocycles. The van der Waals surface area contributed by atoms with E-state index >= 15 is 0 Å². The van der Waals surface area contributed by atoms with Crippen molar-refractivity contribution in [3.05, 3.63) is 54.4 Å². The molecule has 1 aliphatic rings. The van der Waals surface area contributed by atoms with E-state index in [1.54, 1.807) is 6.20 Å². The number of benzene rings is 1. The number of aromatic nitrogens is 3. The zero-order valence-electron chi connectivity index (χ0n) is 11.9. The number of hydrogen-bond acceptors (Lipinski definition) is 4. The molecule has 0 unspecified atom stereocenters. The number of aromatic amines is 1. The van der Waals surface area contributed by atoms with Gasteiger partial charge in [-0.25, -0.2) is 0 Å². The molecule has 1 aromatic carbocycles. The highest BCUT2D eigenvalue weighted by Gasteiger charge is 2.32. The SMILES string of the molecule is O=C(c1cc2ccccc2[nH]1)N1CC(Nc2cccnn2)C1. The lowest BCUT2D eigenvalue weighted by Gasteiger charge is -2.39. The fourth-order valence-corrected chi connectivity index (χ4v) is 2.68. The van der Waals surface area contributed by atoms with Crippen LogP contribution in [0.4, 0.5) is 5.82 Å². The number of nitrogens with zero attached hydrogens (tertiary/aromatic N) is 3. The molecular weight excluding hydrogens is 278 g/mol. The summed E-state index contributed by atoms with van der Waals surface area (Å²) in [6.45, 7) is 1.34. The third-order valence-corrected chi connectivity index (χ3v) is 3.85. The highest BCUT2D eigenvalue weighted by molar-refractivity contribution is 5.98.